The molecule has 0 aromatic heterocycles. The molecule has 1 saturated carbocycles. The van der Waals surface area contributed by atoms with Gasteiger partial charge < -0.3 is 4.43 Å². The molecule has 2 heteroatoms. The molecule has 0 saturated heterocycles. The smallest absolute Gasteiger partial charge is 0.261 e. The van der Waals surface area contributed by atoms with Gasteiger partial charge in [-0.05, 0) is 47.5 Å². The highest BCUT2D eigenvalue weighted by Gasteiger charge is 2.49. The van der Waals surface area contributed by atoms with Crippen molar-refractivity contribution in [3.8, 4) is 0 Å². The second-order valence-corrected chi connectivity index (χ2v) is 14.2. The maximum atomic E-state index is 7.06. The molecule has 0 aliphatic heterocycles. The van der Waals surface area contributed by atoms with E-state index in [-0.39, 0.29) is 5.04 Å². The molecule has 1 unspecified atom stereocenters. The Hall–Kier alpha value is -1.90. The summed E-state index contributed by atoms with van der Waals surface area (Å²) in [5.41, 5.74) is 3.33. The second-order valence-electron chi connectivity index (χ2n) is 9.90. The summed E-state index contributed by atoms with van der Waals surface area (Å²) in [6, 6.07) is 22.0. The molecule has 2 aromatic carbocycles. The minimum Gasteiger partial charge on any atom is -0.407 e. The number of benzene rings is 2. The zero-order valence-electron chi connectivity index (χ0n) is 18.9. The van der Waals surface area contributed by atoms with Gasteiger partial charge in [0.15, 0.2) is 0 Å². The lowest BCUT2D eigenvalue weighted by molar-refractivity contribution is 0.290. The third kappa shape index (κ3) is 4.13. The van der Waals surface area contributed by atoms with E-state index in [4.69, 9.17) is 4.43 Å². The molecule has 0 N–H and O–H groups in total. The fraction of sp³-hybridized carbons (Fsp3) is 0.429. The Kier molecular flexibility index (Phi) is 6.45. The second kappa shape index (κ2) is 9.07. The van der Waals surface area contributed by atoms with E-state index in [2.05, 4.69) is 93.6 Å². The van der Waals surface area contributed by atoms with E-state index >= 15 is 0 Å². The van der Waals surface area contributed by atoms with E-state index in [0.29, 0.717) is 0 Å². The van der Waals surface area contributed by atoms with Gasteiger partial charge >= 0.3 is 0 Å². The van der Waals surface area contributed by atoms with Crippen LogP contribution in [0.5, 0.6) is 0 Å². The van der Waals surface area contributed by atoms with Gasteiger partial charge in [0.2, 0.25) is 0 Å². The van der Waals surface area contributed by atoms with Crippen molar-refractivity contribution in [2.24, 2.45) is 5.92 Å². The molecule has 158 valence electrons. The molecule has 4 rings (SSSR count). The summed E-state index contributed by atoms with van der Waals surface area (Å²) in [4.78, 5) is 0. The van der Waals surface area contributed by atoms with Gasteiger partial charge in [-0.1, -0.05) is 111 Å². The van der Waals surface area contributed by atoms with Gasteiger partial charge in [0.1, 0.15) is 0 Å². The molecule has 0 radical (unpaired) electrons. The van der Waals surface area contributed by atoms with Crippen molar-refractivity contribution in [3.05, 3.63) is 84.0 Å². The van der Waals surface area contributed by atoms with E-state index in [1.165, 1.54) is 42.5 Å². The fourth-order valence-electron chi connectivity index (χ4n) is 5.51. The molecule has 0 amide bonds. The van der Waals surface area contributed by atoms with Crippen molar-refractivity contribution in [3.63, 3.8) is 0 Å². The molecule has 2 aliphatic carbocycles. The van der Waals surface area contributed by atoms with Gasteiger partial charge in [0.05, 0.1) is 0 Å². The normalized spacial score (nSPS) is 19.2. The van der Waals surface area contributed by atoms with Crippen LogP contribution in [0.1, 0.15) is 59.3 Å². The first-order chi connectivity index (χ1) is 14.5. The van der Waals surface area contributed by atoms with Crippen molar-refractivity contribution < 1.29 is 4.43 Å². The van der Waals surface area contributed by atoms with Gasteiger partial charge in [-0.3, -0.25) is 0 Å². The number of hydrogen-bond donors (Lipinski definition) is 0. The van der Waals surface area contributed by atoms with Crippen LogP contribution in [0.2, 0.25) is 5.04 Å². The van der Waals surface area contributed by atoms with E-state index in [1.54, 1.807) is 11.1 Å². The summed E-state index contributed by atoms with van der Waals surface area (Å²) >= 11 is 0. The van der Waals surface area contributed by atoms with Gasteiger partial charge in [-0.15, -0.1) is 0 Å². The summed E-state index contributed by atoms with van der Waals surface area (Å²) in [5.74, 6) is 0.742. The first kappa shape index (κ1) is 21.3. The average molecular weight is 417 g/mol. The number of hydrogen-bond acceptors (Lipinski definition) is 1. The van der Waals surface area contributed by atoms with Crippen LogP contribution in [0.4, 0.5) is 0 Å². The molecule has 1 fully saturated rings. The first-order valence-corrected chi connectivity index (χ1v) is 13.6. The standard InChI is InChI=1S/C28H36OSi/c1-28(2,3)30(25-15-6-4-7-16-25,26-17-8-5-9-18-26)29-22-12-14-24-21-20-23-13-10-11-19-27(23)24/h4-9,15-18,20-21,27H,10-14,19,22H2,1-3H3. The molecule has 30 heavy (non-hydrogen) atoms. The van der Waals surface area contributed by atoms with Crippen molar-refractivity contribution in [2.45, 2.75) is 64.3 Å². The predicted octanol–water partition coefficient (Wildman–Crippen LogP) is 6.40. The maximum absolute atomic E-state index is 7.06. The Balaban J connectivity index is 1.52. The largest absolute Gasteiger partial charge is 0.407 e. The Labute approximate surface area is 184 Å². The molecule has 1 atom stereocenters. The lowest BCUT2D eigenvalue weighted by Crippen LogP contribution is -2.66. The molecule has 0 heterocycles. The lowest BCUT2D eigenvalue weighted by atomic mass is 9.81. The topological polar surface area (TPSA) is 9.23 Å². The quantitative estimate of drug-likeness (QED) is 0.375. The Morgan fingerprint density at radius 1 is 0.867 bits per heavy atom. The van der Waals surface area contributed by atoms with Crippen LogP contribution in [0, 0.1) is 5.92 Å². The van der Waals surface area contributed by atoms with E-state index in [0.717, 1.165) is 18.9 Å². The maximum Gasteiger partial charge on any atom is 0.261 e. The van der Waals surface area contributed by atoms with Gasteiger partial charge in [-0.25, -0.2) is 0 Å². The summed E-state index contributed by atoms with van der Waals surface area (Å²) in [6.07, 6.45) is 12.5. The van der Waals surface area contributed by atoms with Crippen LogP contribution in [-0.2, 0) is 4.43 Å². The molecule has 0 spiro atoms. The van der Waals surface area contributed by atoms with Crippen molar-refractivity contribution in [1.29, 1.82) is 0 Å². The predicted molar refractivity (Wildman–Crippen MR) is 131 cm³/mol. The van der Waals surface area contributed by atoms with Gasteiger partial charge in [-0.2, -0.15) is 0 Å². The van der Waals surface area contributed by atoms with E-state index < -0.39 is 8.32 Å². The van der Waals surface area contributed by atoms with Gasteiger partial charge in [0.25, 0.3) is 8.32 Å². The highest BCUT2D eigenvalue weighted by atomic mass is 28.4. The molecular formula is C28H36OSi. The SMILES string of the molecule is CC(C)(C)[Si](OCCCC1=CC=C2CCCCC21)(c1ccccc1)c1ccccc1. The van der Waals surface area contributed by atoms with E-state index in [1.807, 2.05) is 0 Å². The van der Waals surface area contributed by atoms with Crippen molar-refractivity contribution in [2.75, 3.05) is 6.61 Å². The summed E-state index contributed by atoms with van der Waals surface area (Å²) < 4.78 is 7.06. The van der Waals surface area contributed by atoms with Crippen LogP contribution < -0.4 is 10.4 Å². The van der Waals surface area contributed by atoms with Crippen LogP contribution in [0.3, 0.4) is 0 Å². The van der Waals surface area contributed by atoms with Crippen LogP contribution in [0.15, 0.2) is 84.0 Å². The average Bonchev–Trinajstić information content (AvgIpc) is 3.17. The summed E-state index contributed by atoms with van der Waals surface area (Å²) in [5, 5.41) is 2.81. The molecule has 2 aromatic rings. The molecular weight excluding hydrogens is 380 g/mol. The van der Waals surface area contributed by atoms with Crippen LogP contribution in [-0.4, -0.2) is 14.9 Å². The number of rotatable bonds is 7. The molecule has 0 bridgehead atoms. The zero-order chi connectivity index (χ0) is 21.0. The van der Waals surface area contributed by atoms with Crippen molar-refractivity contribution >= 4 is 18.7 Å². The Bertz CT molecular complexity index is 850. The van der Waals surface area contributed by atoms with Crippen LogP contribution in [0.25, 0.3) is 0 Å². The first-order valence-electron chi connectivity index (χ1n) is 11.7. The monoisotopic (exact) mass is 416 g/mol. The summed E-state index contributed by atoms with van der Waals surface area (Å²) in [7, 11) is -2.39. The Morgan fingerprint density at radius 2 is 1.50 bits per heavy atom. The fourth-order valence-corrected chi connectivity index (χ4v) is 10.1. The highest BCUT2D eigenvalue weighted by Crippen LogP contribution is 2.41. The van der Waals surface area contributed by atoms with Crippen molar-refractivity contribution in [1.82, 2.24) is 0 Å². The molecule has 2 aliphatic rings. The minimum absolute atomic E-state index is 0.0560. The summed E-state index contributed by atoms with van der Waals surface area (Å²) in [6.45, 7) is 7.90. The van der Waals surface area contributed by atoms with Gasteiger partial charge in [0, 0.05) is 12.5 Å². The van der Waals surface area contributed by atoms with Crippen LogP contribution >= 0.6 is 0 Å². The zero-order valence-corrected chi connectivity index (χ0v) is 19.9. The third-order valence-corrected chi connectivity index (χ3v) is 12.0. The number of allylic oxidation sites excluding steroid dienone is 4. The minimum atomic E-state index is -2.39. The Morgan fingerprint density at radius 3 is 2.10 bits per heavy atom. The lowest BCUT2D eigenvalue weighted by Gasteiger charge is -2.43. The number of fused-ring (bicyclic) bond motifs is 1. The van der Waals surface area contributed by atoms with E-state index in [9.17, 15) is 0 Å². The third-order valence-electron chi connectivity index (χ3n) is 6.96. The highest BCUT2D eigenvalue weighted by molar-refractivity contribution is 6.99. The molecule has 1 nitrogen and oxygen atoms in total.